The zero-order chi connectivity index (χ0) is 15.4. The van der Waals surface area contributed by atoms with Gasteiger partial charge in [-0.2, -0.15) is 4.98 Å². The molecule has 0 bridgehead atoms. The molecule has 0 aliphatic carbocycles. The van der Waals surface area contributed by atoms with E-state index >= 15 is 0 Å². The average Bonchev–Trinajstić information content (AvgIpc) is 3.09. The van der Waals surface area contributed by atoms with E-state index in [-0.39, 0.29) is 11.9 Å². The Morgan fingerprint density at radius 2 is 2.23 bits per heavy atom. The van der Waals surface area contributed by atoms with Crippen LogP contribution in [0.15, 0.2) is 12.3 Å². The second-order valence-electron chi connectivity index (χ2n) is 5.59. The lowest BCUT2D eigenvalue weighted by molar-refractivity contribution is -0.133. The largest absolute Gasteiger partial charge is 0.478 e. The Bertz CT molecular complexity index is 510. The fourth-order valence-corrected chi connectivity index (χ4v) is 2.96. The number of aromatic nitrogens is 2. The Labute approximate surface area is 130 Å². The van der Waals surface area contributed by atoms with E-state index in [1.54, 1.807) is 12.3 Å². The van der Waals surface area contributed by atoms with E-state index in [1.807, 2.05) is 11.8 Å². The third-order valence-corrected chi connectivity index (χ3v) is 4.14. The predicted molar refractivity (Wildman–Crippen MR) is 83.0 cm³/mol. The number of anilines is 1. The lowest BCUT2D eigenvalue weighted by Crippen LogP contribution is -2.53. The Balaban J connectivity index is 1.57. The van der Waals surface area contributed by atoms with E-state index in [0.717, 1.165) is 45.6 Å². The Hall–Kier alpha value is -1.89. The minimum Gasteiger partial charge on any atom is -0.478 e. The molecule has 1 unspecified atom stereocenters. The first-order chi connectivity index (χ1) is 10.8. The van der Waals surface area contributed by atoms with Crippen molar-refractivity contribution < 1.29 is 9.53 Å². The fourth-order valence-electron chi connectivity index (χ4n) is 2.96. The van der Waals surface area contributed by atoms with Gasteiger partial charge in [0.05, 0.1) is 12.6 Å². The average molecular weight is 305 g/mol. The maximum absolute atomic E-state index is 12.4. The van der Waals surface area contributed by atoms with Crippen molar-refractivity contribution >= 4 is 11.9 Å². The summed E-state index contributed by atoms with van der Waals surface area (Å²) in [5.41, 5.74) is 0. The Morgan fingerprint density at radius 3 is 2.91 bits per heavy atom. The molecule has 0 radical (unpaired) electrons. The van der Waals surface area contributed by atoms with E-state index in [2.05, 4.69) is 20.2 Å². The second-order valence-corrected chi connectivity index (χ2v) is 5.59. The van der Waals surface area contributed by atoms with Gasteiger partial charge < -0.3 is 19.9 Å². The van der Waals surface area contributed by atoms with Crippen molar-refractivity contribution in [2.24, 2.45) is 0 Å². The molecule has 0 spiro atoms. The summed E-state index contributed by atoms with van der Waals surface area (Å²) >= 11 is 0. The SMILES string of the molecule is CCOc1ccnc(N2CCN(C(=O)C3CCCN3)CC2)n1. The standard InChI is InChI=1S/C15H23N5O2/c1-2-22-13-5-7-17-15(18-13)20-10-8-19(9-11-20)14(21)12-4-3-6-16-12/h5,7,12,16H,2-4,6,8-11H2,1H3. The van der Waals surface area contributed by atoms with Gasteiger partial charge in [0.1, 0.15) is 0 Å². The van der Waals surface area contributed by atoms with Gasteiger partial charge in [0.25, 0.3) is 0 Å². The van der Waals surface area contributed by atoms with Crippen molar-refractivity contribution in [2.45, 2.75) is 25.8 Å². The molecular weight excluding hydrogens is 282 g/mol. The van der Waals surface area contributed by atoms with Crippen molar-refractivity contribution in [3.8, 4) is 5.88 Å². The van der Waals surface area contributed by atoms with Crippen molar-refractivity contribution in [3.63, 3.8) is 0 Å². The molecule has 0 saturated carbocycles. The third kappa shape index (κ3) is 3.30. The molecule has 3 heterocycles. The van der Waals surface area contributed by atoms with Crippen LogP contribution >= 0.6 is 0 Å². The van der Waals surface area contributed by atoms with E-state index in [0.29, 0.717) is 18.4 Å². The molecule has 7 nitrogen and oxygen atoms in total. The number of carbonyl (C=O) groups excluding carboxylic acids is 1. The van der Waals surface area contributed by atoms with Crippen LogP contribution in [0.2, 0.25) is 0 Å². The minimum atomic E-state index is 0.0177. The molecule has 0 aromatic carbocycles. The van der Waals surface area contributed by atoms with Gasteiger partial charge in [-0.25, -0.2) is 4.98 Å². The normalized spacial score (nSPS) is 22.0. The Morgan fingerprint density at radius 1 is 1.41 bits per heavy atom. The van der Waals surface area contributed by atoms with Crippen LogP contribution < -0.4 is 15.0 Å². The monoisotopic (exact) mass is 305 g/mol. The van der Waals surface area contributed by atoms with Gasteiger partial charge in [0.2, 0.25) is 17.7 Å². The fraction of sp³-hybridized carbons (Fsp3) is 0.667. The third-order valence-electron chi connectivity index (χ3n) is 4.14. The number of ether oxygens (including phenoxy) is 1. The van der Waals surface area contributed by atoms with E-state index in [1.165, 1.54) is 0 Å². The maximum Gasteiger partial charge on any atom is 0.239 e. The number of nitrogens with one attached hydrogen (secondary N) is 1. The second kappa shape index (κ2) is 6.91. The number of piperazine rings is 1. The summed E-state index contributed by atoms with van der Waals surface area (Å²) in [6.45, 7) is 6.44. The zero-order valence-electron chi connectivity index (χ0n) is 13.0. The van der Waals surface area contributed by atoms with Crippen LogP contribution in [0.3, 0.4) is 0 Å². The highest BCUT2D eigenvalue weighted by molar-refractivity contribution is 5.82. The number of hydrogen-bond donors (Lipinski definition) is 1. The Kier molecular flexibility index (Phi) is 4.72. The quantitative estimate of drug-likeness (QED) is 0.861. The van der Waals surface area contributed by atoms with Gasteiger partial charge in [-0.3, -0.25) is 4.79 Å². The number of amides is 1. The van der Waals surface area contributed by atoms with Gasteiger partial charge >= 0.3 is 0 Å². The first-order valence-electron chi connectivity index (χ1n) is 8.01. The summed E-state index contributed by atoms with van der Waals surface area (Å²) in [6.07, 6.45) is 3.76. The summed E-state index contributed by atoms with van der Waals surface area (Å²) < 4.78 is 5.41. The van der Waals surface area contributed by atoms with Crippen LogP contribution in [-0.2, 0) is 4.79 Å². The molecule has 2 aliphatic heterocycles. The van der Waals surface area contributed by atoms with Crippen LogP contribution in [0.1, 0.15) is 19.8 Å². The molecule has 1 amide bonds. The molecule has 3 rings (SSSR count). The lowest BCUT2D eigenvalue weighted by atomic mass is 10.2. The number of carbonyl (C=O) groups is 1. The smallest absolute Gasteiger partial charge is 0.239 e. The van der Waals surface area contributed by atoms with Gasteiger partial charge in [0.15, 0.2) is 0 Å². The highest BCUT2D eigenvalue weighted by Gasteiger charge is 2.29. The molecule has 1 aromatic heterocycles. The van der Waals surface area contributed by atoms with Crippen molar-refractivity contribution in [1.29, 1.82) is 0 Å². The topological polar surface area (TPSA) is 70.6 Å². The number of rotatable bonds is 4. The van der Waals surface area contributed by atoms with Gasteiger partial charge in [0, 0.05) is 38.4 Å². The first kappa shape index (κ1) is 15.0. The van der Waals surface area contributed by atoms with Gasteiger partial charge in [-0.05, 0) is 26.3 Å². The van der Waals surface area contributed by atoms with Crippen LogP contribution in [0, 0.1) is 0 Å². The molecule has 1 atom stereocenters. The molecule has 7 heteroatoms. The predicted octanol–water partition coefficient (Wildman–Crippen LogP) is 0.276. The van der Waals surface area contributed by atoms with Crippen LogP contribution in [0.4, 0.5) is 5.95 Å². The molecule has 120 valence electrons. The van der Waals surface area contributed by atoms with Crippen LogP contribution in [-0.4, -0.2) is 66.1 Å². The summed E-state index contributed by atoms with van der Waals surface area (Å²) in [5, 5.41) is 3.27. The maximum atomic E-state index is 12.4. The molecular formula is C15H23N5O2. The summed E-state index contributed by atoms with van der Waals surface area (Å²) in [7, 11) is 0. The van der Waals surface area contributed by atoms with Gasteiger partial charge in [-0.15, -0.1) is 0 Å². The van der Waals surface area contributed by atoms with Crippen molar-refractivity contribution in [2.75, 3.05) is 44.2 Å². The summed E-state index contributed by atoms with van der Waals surface area (Å²) in [5.74, 6) is 1.51. The number of nitrogens with zero attached hydrogens (tertiary/aromatic N) is 4. The molecule has 1 N–H and O–H groups in total. The first-order valence-corrected chi connectivity index (χ1v) is 8.01. The van der Waals surface area contributed by atoms with E-state index < -0.39 is 0 Å². The molecule has 1 aromatic rings. The highest BCUT2D eigenvalue weighted by atomic mass is 16.5. The number of hydrogen-bond acceptors (Lipinski definition) is 6. The lowest BCUT2D eigenvalue weighted by Gasteiger charge is -2.35. The minimum absolute atomic E-state index is 0.0177. The summed E-state index contributed by atoms with van der Waals surface area (Å²) in [4.78, 5) is 25.2. The summed E-state index contributed by atoms with van der Waals surface area (Å²) in [6, 6.07) is 1.78. The van der Waals surface area contributed by atoms with Crippen molar-refractivity contribution in [3.05, 3.63) is 12.3 Å². The molecule has 2 fully saturated rings. The van der Waals surface area contributed by atoms with E-state index in [9.17, 15) is 4.79 Å². The van der Waals surface area contributed by atoms with Gasteiger partial charge in [-0.1, -0.05) is 0 Å². The highest BCUT2D eigenvalue weighted by Crippen LogP contribution is 2.16. The van der Waals surface area contributed by atoms with Crippen LogP contribution in [0.25, 0.3) is 0 Å². The zero-order valence-corrected chi connectivity index (χ0v) is 13.0. The van der Waals surface area contributed by atoms with Crippen molar-refractivity contribution in [1.82, 2.24) is 20.2 Å². The van der Waals surface area contributed by atoms with Crippen LogP contribution in [0.5, 0.6) is 5.88 Å². The van der Waals surface area contributed by atoms with E-state index in [4.69, 9.17) is 4.74 Å². The molecule has 2 saturated heterocycles. The molecule has 22 heavy (non-hydrogen) atoms. The molecule has 2 aliphatic rings.